The number of aryl methyl sites for hydroxylation is 1. The third-order valence-electron chi connectivity index (χ3n) is 3.06. The molecule has 1 aliphatic carbocycles. The summed E-state index contributed by atoms with van der Waals surface area (Å²) in [7, 11) is 0. The number of carbonyl (C=O) groups excluding carboxylic acids is 1. The van der Waals surface area contributed by atoms with E-state index in [4.69, 9.17) is 10.00 Å². The molecule has 0 unspecified atom stereocenters. The zero-order chi connectivity index (χ0) is 12.8. The topological polar surface area (TPSA) is 62.1 Å². The Kier molecular flexibility index (Phi) is 4.19. The molecule has 0 aromatic heterocycles. The Bertz CT molecular complexity index is 477. The van der Waals surface area contributed by atoms with Gasteiger partial charge in [-0.3, -0.25) is 0 Å². The number of carbonyl (C=O) groups is 1. The maximum atomic E-state index is 11.5. The zero-order valence-corrected chi connectivity index (χ0v) is 10.2. The Morgan fingerprint density at radius 3 is 3.06 bits per heavy atom. The average Bonchev–Trinajstić information content (AvgIpc) is 2.39. The molecule has 1 amide bonds. The second kappa shape index (κ2) is 6.06. The molecule has 1 aliphatic rings. The Morgan fingerprint density at radius 1 is 1.39 bits per heavy atom. The van der Waals surface area contributed by atoms with E-state index in [1.54, 1.807) is 0 Å². The van der Waals surface area contributed by atoms with Gasteiger partial charge < -0.3 is 10.1 Å². The van der Waals surface area contributed by atoms with Crippen LogP contribution in [0, 0.1) is 11.3 Å². The molecule has 0 atom stereocenters. The van der Waals surface area contributed by atoms with Crippen molar-refractivity contribution in [3.05, 3.63) is 29.3 Å². The van der Waals surface area contributed by atoms with Gasteiger partial charge in [-0.2, -0.15) is 5.26 Å². The number of rotatable bonds is 3. The van der Waals surface area contributed by atoms with E-state index in [1.807, 2.05) is 18.2 Å². The molecule has 0 bridgehead atoms. The predicted molar refractivity (Wildman–Crippen MR) is 67.3 cm³/mol. The fourth-order valence-corrected chi connectivity index (χ4v) is 2.20. The lowest BCUT2D eigenvalue weighted by molar-refractivity contribution is 0.200. The van der Waals surface area contributed by atoms with Gasteiger partial charge in [0.1, 0.15) is 5.75 Å². The van der Waals surface area contributed by atoms with E-state index in [2.05, 4.69) is 11.4 Å². The molecule has 1 N–H and O–H groups in total. The van der Waals surface area contributed by atoms with Gasteiger partial charge in [0.05, 0.1) is 12.5 Å². The summed E-state index contributed by atoms with van der Waals surface area (Å²) in [6.07, 6.45) is 4.18. The lowest BCUT2D eigenvalue weighted by Gasteiger charge is -2.18. The van der Waals surface area contributed by atoms with Crippen LogP contribution in [0.2, 0.25) is 0 Å². The molecule has 0 radical (unpaired) electrons. The molecule has 4 heteroatoms. The lowest BCUT2D eigenvalue weighted by atomic mass is 9.91. The van der Waals surface area contributed by atoms with Crippen molar-refractivity contribution in [1.82, 2.24) is 5.32 Å². The van der Waals surface area contributed by atoms with Gasteiger partial charge in [-0.05, 0) is 42.9 Å². The average molecular weight is 244 g/mol. The first kappa shape index (κ1) is 12.4. The van der Waals surface area contributed by atoms with E-state index in [0.29, 0.717) is 18.7 Å². The molecule has 18 heavy (non-hydrogen) atoms. The molecule has 0 saturated carbocycles. The first-order valence-electron chi connectivity index (χ1n) is 6.24. The summed E-state index contributed by atoms with van der Waals surface area (Å²) in [5.74, 6) is 0.654. The highest BCUT2D eigenvalue weighted by Gasteiger charge is 2.15. The van der Waals surface area contributed by atoms with Crippen LogP contribution in [0.15, 0.2) is 18.2 Å². The van der Waals surface area contributed by atoms with E-state index < -0.39 is 6.09 Å². The van der Waals surface area contributed by atoms with Gasteiger partial charge >= 0.3 is 6.09 Å². The van der Waals surface area contributed by atoms with Gasteiger partial charge in [0.25, 0.3) is 0 Å². The molecule has 0 fully saturated rings. The largest absolute Gasteiger partial charge is 0.412 e. The number of hydrogen-bond donors (Lipinski definition) is 1. The molecule has 1 aromatic rings. The van der Waals surface area contributed by atoms with Gasteiger partial charge in [-0.15, -0.1) is 0 Å². The Hall–Kier alpha value is -2.02. The second-order valence-corrected chi connectivity index (χ2v) is 4.33. The van der Waals surface area contributed by atoms with Crippen LogP contribution in [0.25, 0.3) is 0 Å². The van der Waals surface area contributed by atoms with Crippen molar-refractivity contribution >= 4 is 6.09 Å². The molecule has 0 saturated heterocycles. The van der Waals surface area contributed by atoms with Crippen LogP contribution >= 0.6 is 0 Å². The third-order valence-corrected chi connectivity index (χ3v) is 3.06. The maximum absolute atomic E-state index is 11.5. The van der Waals surface area contributed by atoms with Crippen molar-refractivity contribution in [3.63, 3.8) is 0 Å². The SMILES string of the molecule is N#CCCNC(=O)Oc1cccc2c1CCCC2. The monoisotopic (exact) mass is 244 g/mol. The van der Waals surface area contributed by atoms with Gasteiger partial charge in [0.15, 0.2) is 0 Å². The smallest absolute Gasteiger partial charge is 0.410 e. The van der Waals surface area contributed by atoms with E-state index in [1.165, 1.54) is 12.0 Å². The minimum atomic E-state index is -0.482. The highest BCUT2D eigenvalue weighted by molar-refractivity contribution is 5.71. The second-order valence-electron chi connectivity index (χ2n) is 4.33. The number of nitrogens with zero attached hydrogens (tertiary/aromatic N) is 1. The number of benzene rings is 1. The highest BCUT2D eigenvalue weighted by Crippen LogP contribution is 2.29. The van der Waals surface area contributed by atoms with Crippen LogP contribution in [-0.2, 0) is 12.8 Å². The molecule has 94 valence electrons. The number of amides is 1. The molecule has 4 nitrogen and oxygen atoms in total. The fourth-order valence-electron chi connectivity index (χ4n) is 2.20. The summed E-state index contributed by atoms with van der Waals surface area (Å²) in [5, 5.41) is 10.9. The van der Waals surface area contributed by atoms with Crippen LogP contribution < -0.4 is 10.1 Å². The first-order chi connectivity index (χ1) is 8.81. The summed E-state index contributed by atoms with van der Waals surface area (Å²) in [6, 6.07) is 7.80. The number of fused-ring (bicyclic) bond motifs is 1. The normalized spacial score (nSPS) is 13.3. The quantitative estimate of drug-likeness (QED) is 0.831. The molecular weight excluding hydrogens is 228 g/mol. The molecular formula is C14H16N2O2. The van der Waals surface area contributed by atoms with Gasteiger partial charge in [-0.1, -0.05) is 12.1 Å². The summed E-state index contributed by atoms with van der Waals surface area (Å²) in [6.45, 7) is 0.324. The lowest BCUT2D eigenvalue weighted by Crippen LogP contribution is -2.28. The number of nitriles is 1. The standard InChI is InChI=1S/C14H16N2O2/c15-9-4-10-16-14(17)18-13-8-3-6-11-5-1-2-7-12(11)13/h3,6,8H,1-2,4-5,7,10H2,(H,16,17). The van der Waals surface area contributed by atoms with Crippen molar-refractivity contribution in [3.8, 4) is 11.8 Å². The molecule has 0 heterocycles. The Balaban J connectivity index is 2.01. The van der Waals surface area contributed by atoms with E-state index in [0.717, 1.165) is 24.8 Å². The van der Waals surface area contributed by atoms with Crippen LogP contribution in [0.1, 0.15) is 30.4 Å². The summed E-state index contributed by atoms with van der Waals surface area (Å²) < 4.78 is 5.30. The molecule has 0 aliphatic heterocycles. The van der Waals surface area contributed by atoms with E-state index in [-0.39, 0.29) is 0 Å². The van der Waals surface area contributed by atoms with Crippen molar-refractivity contribution in [2.45, 2.75) is 32.1 Å². The zero-order valence-electron chi connectivity index (χ0n) is 10.2. The Morgan fingerprint density at radius 2 is 2.22 bits per heavy atom. The van der Waals surface area contributed by atoms with Crippen molar-refractivity contribution < 1.29 is 9.53 Å². The summed E-state index contributed by atoms with van der Waals surface area (Å²) >= 11 is 0. The maximum Gasteiger partial charge on any atom is 0.412 e. The van der Waals surface area contributed by atoms with Gasteiger partial charge in [0.2, 0.25) is 0 Å². The van der Waals surface area contributed by atoms with E-state index in [9.17, 15) is 4.79 Å². The van der Waals surface area contributed by atoms with Crippen LogP contribution in [0.3, 0.4) is 0 Å². The third kappa shape index (κ3) is 3.01. The number of hydrogen-bond acceptors (Lipinski definition) is 3. The van der Waals surface area contributed by atoms with Crippen molar-refractivity contribution in [1.29, 1.82) is 5.26 Å². The minimum Gasteiger partial charge on any atom is -0.410 e. The van der Waals surface area contributed by atoms with Gasteiger partial charge in [-0.25, -0.2) is 4.79 Å². The fraction of sp³-hybridized carbons (Fsp3) is 0.429. The summed E-state index contributed by atoms with van der Waals surface area (Å²) in [5.41, 5.74) is 2.43. The molecule has 0 spiro atoms. The van der Waals surface area contributed by atoms with Crippen molar-refractivity contribution in [2.24, 2.45) is 0 Å². The summed E-state index contributed by atoms with van der Waals surface area (Å²) in [4.78, 5) is 11.5. The number of ether oxygens (including phenoxy) is 1. The van der Waals surface area contributed by atoms with Gasteiger partial charge in [0, 0.05) is 6.54 Å². The van der Waals surface area contributed by atoms with E-state index >= 15 is 0 Å². The molecule has 1 aromatic carbocycles. The number of nitrogens with one attached hydrogen (secondary N) is 1. The Labute approximate surface area is 107 Å². The first-order valence-corrected chi connectivity index (χ1v) is 6.24. The minimum absolute atomic E-state index is 0.294. The highest BCUT2D eigenvalue weighted by atomic mass is 16.6. The van der Waals surface area contributed by atoms with Crippen LogP contribution in [0.5, 0.6) is 5.75 Å². The van der Waals surface area contributed by atoms with Crippen molar-refractivity contribution in [2.75, 3.05) is 6.54 Å². The predicted octanol–water partition coefficient (Wildman–Crippen LogP) is 2.57. The molecule has 2 rings (SSSR count). The van der Waals surface area contributed by atoms with Crippen LogP contribution in [-0.4, -0.2) is 12.6 Å². The van der Waals surface area contributed by atoms with Crippen LogP contribution in [0.4, 0.5) is 4.79 Å².